The first-order chi connectivity index (χ1) is 61.4. The monoisotopic (exact) mass is 1930 g/mol. The van der Waals surface area contributed by atoms with Gasteiger partial charge in [-0.05, 0) is 174 Å². The summed E-state index contributed by atoms with van der Waals surface area (Å²) in [4.78, 5) is 168. The molecule has 0 unspecified atom stereocenters. The Morgan fingerprint density at radius 2 is 0.516 bits per heavy atom. The Hall–Kier alpha value is -12.0. The maximum atomic E-state index is 14.1. The van der Waals surface area contributed by atoms with E-state index < -0.39 is 95.9 Å². The fraction of sp³-hybridized carbons (Fsp3) is 0.143. The summed E-state index contributed by atoms with van der Waals surface area (Å²) in [5.41, 5.74) is 9.43. The van der Waals surface area contributed by atoms with Gasteiger partial charge in [-0.1, -0.05) is 235 Å². The first kappa shape index (κ1) is 90.8. The summed E-state index contributed by atoms with van der Waals surface area (Å²) in [6.45, 7) is 7.47. The van der Waals surface area contributed by atoms with Crippen LogP contribution in [0.15, 0.2) is 189 Å². The molecule has 37 heteroatoms. The number of carboxylic acids is 4. The van der Waals surface area contributed by atoms with Crippen LogP contribution in [0, 0.1) is 6.92 Å². The number of anilines is 3. The van der Waals surface area contributed by atoms with Gasteiger partial charge in [-0.2, -0.15) is 0 Å². The van der Waals surface area contributed by atoms with Crippen molar-refractivity contribution in [2.75, 3.05) is 31.1 Å². The highest BCUT2D eigenvalue weighted by Gasteiger charge is 2.38. The molecular weight excluding hydrogens is 1860 g/mol. The van der Waals surface area contributed by atoms with Crippen molar-refractivity contribution in [1.29, 1.82) is 0 Å². The predicted molar refractivity (Wildman–Crippen MR) is 526 cm³/mol. The first-order valence-electron chi connectivity index (χ1n) is 39.2. The second-order valence-corrected chi connectivity index (χ2v) is 39.4. The molecule has 0 spiro atoms. The van der Waals surface area contributed by atoms with Crippen molar-refractivity contribution in [2.45, 2.75) is 60.8 Å². The summed E-state index contributed by atoms with van der Waals surface area (Å²) in [5, 5.41) is 39.7. The van der Waals surface area contributed by atoms with E-state index in [1.165, 1.54) is 19.6 Å². The Balaban J connectivity index is 0.805. The van der Waals surface area contributed by atoms with E-state index in [-0.39, 0.29) is 82.6 Å². The van der Waals surface area contributed by atoms with E-state index in [0.717, 1.165) is 178 Å². The van der Waals surface area contributed by atoms with Gasteiger partial charge < -0.3 is 25.3 Å². The largest absolute Gasteiger partial charge is 0.480 e. The Bertz CT molecular complexity index is 6700. The second-order valence-electron chi connectivity index (χ2n) is 28.7. The second kappa shape index (κ2) is 38.5. The van der Waals surface area contributed by atoms with Crippen LogP contribution in [0.2, 0.25) is 0 Å². The maximum absolute atomic E-state index is 14.1. The number of carbonyl (C=O) groups excluding carboxylic acids is 4. The third kappa shape index (κ3) is 18.8. The number of aryl methyl sites for hydroxylation is 1. The lowest BCUT2D eigenvalue weighted by molar-refractivity contribution is -0.138. The average molecular weight is 1930 g/mol. The van der Waals surface area contributed by atoms with E-state index in [1.807, 2.05) is 189 Å². The zero-order valence-corrected chi connectivity index (χ0v) is 77.7. The molecule has 4 aliphatic rings. The molecule has 646 valence electrons. The Kier molecular flexibility index (Phi) is 27.3. The summed E-state index contributed by atoms with van der Waals surface area (Å²) in [6.07, 6.45) is 10.6. The Labute approximate surface area is 781 Å². The predicted octanol–water partition coefficient (Wildman–Crippen LogP) is 9.14. The number of aromatic nitrogens is 4. The van der Waals surface area contributed by atoms with E-state index >= 15 is 0 Å². The van der Waals surface area contributed by atoms with Crippen LogP contribution >= 0.6 is 141 Å². The number of hydrogen-bond acceptors (Lipinski definition) is 25. The molecule has 0 radical (unpaired) electrons. The molecule has 4 aromatic heterocycles. The fourth-order valence-corrected chi connectivity index (χ4v) is 24.9. The number of carbonyl (C=O) groups is 8. The molecule has 4 amide bonds. The molecule has 0 bridgehead atoms. The highest BCUT2D eigenvalue weighted by molar-refractivity contribution is 8.31. The summed E-state index contributed by atoms with van der Waals surface area (Å²) < 4.78 is 6.95. The number of rotatable bonds is 25. The van der Waals surface area contributed by atoms with Crippen molar-refractivity contribution < 1.29 is 58.8 Å². The van der Waals surface area contributed by atoms with E-state index in [0.29, 0.717) is 39.5 Å². The maximum Gasteiger partial charge on any atom is 0.323 e. The lowest BCUT2D eigenvalue weighted by atomic mass is 9.94. The molecule has 4 saturated heterocycles. The van der Waals surface area contributed by atoms with Crippen molar-refractivity contribution in [2.24, 2.45) is 0 Å². The van der Waals surface area contributed by atoms with E-state index in [9.17, 15) is 78.0 Å². The number of carboxylic acid groups (broad SMARTS) is 4. The minimum absolute atomic E-state index is 0.165. The summed E-state index contributed by atoms with van der Waals surface area (Å²) in [5.74, 6) is -6.77. The summed E-state index contributed by atoms with van der Waals surface area (Å²) in [7, 11) is 0. The van der Waals surface area contributed by atoms with Gasteiger partial charge in [0.1, 0.15) is 81.7 Å². The molecule has 25 nitrogen and oxygen atoms in total. The topological polar surface area (TPSA) is 322 Å². The van der Waals surface area contributed by atoms with Gasteiger partial charge in [0.15, 0.2) is 0 Å². The van der Waals surface area contributed by atoms with Crippen LogP contribution in [0.3, 0.4) is 0 Å². The number of thiazole rings is 4. The molecule has 4 fully saturated rings. The van der Waals surface area contributed by atoms with Crippen LogP contribution < -0.4 is 63.9 Å². The van der Waals surface area contributed by atoms with Gasteiger partial charge in [0, 0.05) is 43.2 Å². The molecule has 0 saturated carbocycles. The van der Waals surface area contributed by atoms with Gasteiger partial charge in [0.05, 0.1) is 18.1 Å². The number of amides is 4. The van der Waals surface area contributed by atoms with Gasteiger partial charge >= 0.3 is 23.9 Å². The molecule has 7 aromatic carbocycles. The van der Waals surface area contributed by atoms with Crippen LogP contribution in [0.25, 0.3) is 67.2 Å². The number of thiocarbonyl (C=S) groups is 4. The highest BCUT2D eigenvalue weighted by atomic mass is 32.2. The lowest BCUT2D eigenvalue weighted by Crippen LogP contribution is -2.35. The molecule has 8 heterocycles. The van der Waals surface area contributed by atoms with E-state index in [2.05, 4.69) is 4.90 Å². The minimum Gasteiger partial charge on any atom is -0.480 e. The molecule has 15 rings (SSSR count). The average Bonchev–Trinajstić information content (AvgIpc) is 1.51. The van der Waals surface area contributed by atoms with Crippen molar-refractivity contribution in [3.05, 3.63) is 309 Å². The number of thioether (sulfide) groups is 4. The van der Waals surface area contributed by atoms with Crippen molar-refractivity contribution in [3.63, 3.8) is 0 Å². The minimum atomic E-state index is -1.27. The number of nitrogens with zero attached hydrogens (tertiary/aromatic N) is 9. The smallest absolute Gasteiger partial charge is 0.323 e. The Morgan fingerprint density at radius 3 is 0.711 bits per heavy atom. The van der Waals surface area contributed by atoms with Crippen molar-refractivity contribution >= 4 is 290 Å². The normalized spacial score (nSPS) is 16.9. The first-order valence-corrected chi connectivity index (χ1v) is 47.3. The Morgan fingerprint density at radius 1 is 0.312 bits per heavy atom. The van der Waals surface area contributed by atoms with Crippen molar-refractivity contribution in [3.8, 4) is 0 Å². The third-order valence-corrected chi connectivity index (χ3v) is 31.3. The van der Waals surface area contributed by atoms with Crippen LogP contribution in [0.4, 0.5) is 17.1 Å². The summed E-state index contributed by atoms with van der Waals surface area (Å²) >= 11 is 29.9. The van der Waals surface area contributed by atoms with Crippen LogP contribution in [0.1, 0.15) is 88.9 Å². The molecular formula is C91H69N9O16S12. The zero-order chi connectivity index (χ0) is 91.0. The van der Waals surface area contributed by atoms with Gasteiger partial charge in [-0.25, -0.2) is 0 Å². The highest BCUT2D eigenvalue weighted by Crippen LogP contribution is 2.39. The van der Waals surface area contributed by atoms with Gasteiger partial charge in [-0.3, -0.25) is 95.4 Å². The van der Waals surface area contributed by atoms with Crippen molar-refractivity contribution in [1.82, 2.24) is 37.9 Å². The van der Waals surface area contributed by atoms with Crippen LogP contribution in [-0.4, -0.2) is 149 Å². The van der Waals surface area contributed by atoms with Gasteiger partial charge in [0.25, 0.3) is 45.9 Å². The standard InChI is InChI=1S/C91H69N9O16S12/c1-6-92-80(113)72(125-88(92)117)84-96(44-68(101)102)76(109)64(121-84)40-51-12-24-55(25-13-51)62(56-26-14-52(15-27-56)41-65-77(110)97(45-69(103)104)85(122-65)73-81(114)93(7-2)89(118)126-73)38-49-20-34-60(35-21-49)100(59-32-10-48(5)11-33-59)61-36-22-50(23-37-61)39-63(57-28-16-53(17-29-57)42-66-78(111)98(46-70(105)106)86(123-66)74-82(115)94(8-3)90(119)127-74)58-30-18-54(19-31-58)43-67-79(112)99(47-71(107)108)87(124-67)75-83(116)95(9-4)91(120)128-75/h10-43H,6-9,44-47H2,1-5H3,(H,101,102)(H,103,104)(H,105,106)(H,107,108)/b62-38-,63-39-,64-40+,65-41-,66-42+,67-43-,84-72-,85-73-,86-74+,87-75-. The molecule has 11 aromatic rings. The SMILES string of the molecule is CCN1C(=O)/C(=c2/s/c(=C\c3ccc(/C(=C\c4ccc(N(c5ccc(C)cc5)c5ccc(/C=C(\c6ccc(/C=c7\s/c(=C8\SC(=S)N(CC)C8=O)n(CC(=O)O)c7=O)cc6)c6ccc(/C=c7/s/c(=C8/SC(=S)N(CC)C8=O)n(CC(=O)O)c7=O)cc6)cc5)cc4)c4ccc(/C=c5/s/c(=C6\SC(=S)N(CC)C6=O)n(CC(=O)O)c5=O)cc4)cc3)c(=O)n2CC(=O)O)SC1=S. The van der Waals surface area contributed by atoms with Crippen LogP contribution in [0.5, 0.6) is 0 Å². The quantitative estimate of drug-likeness (QED) is 0.0306. The number of hydrogen-bond donors (Lipinski definition) is 4. The van der Waals surface area contributed by atoms with Gasteiger partial charge in [0.2, 0.25) is 0 Å². The molecule has 4 aliphatic heterocycles. The molecule has 0 aliphatic carbocycles. The number of benzene rings is 7. The molecule has 128 heavy (non-hydrogen) atoms. The van der Waals surface area contributed by atoms with E-state index in [4.69, 9.17) is 48.9 Å². The third-order valence-electron chi connectivity index (χ3n) is 20.5. The summed E-state index contributed by atoms with van der Waals surface area (Å²) in [6, 6.07) is 53.6. The van der Waals surface area contributed by atoms with Gasteiger partial charge in [-0.15, -0.1) is 45.3 Å². The van der Waals surface area contributed by atoms with Crippen LogP contribution in [-0.2, 0) is 64.5 Å². The van der Waals surface area contributed by atoms with E-state index in [1.54, 1.807) is 52.0 Å². The zero-order valence-electron chi connectivity index (χ0n) is 67.9. The number of aliphatic carboxylic acids is 4. The molecule has 4 N–H and O–H groups in total. The molecule has 0 atom stereocenters. The lowest BCUT2D eigenvalue weighted by Gasteiger charge is -2.26. The fourth-order valence-electron chi connectivity index (χ4n) is 14.3.